The number of aliphatic hydroxyl groups excluding tert-OH is 1. The smallest absolute Gasteiger partial charge is 0.160 e. The molecule has 1 atom stereocenters. The van der Waals surface area contributed by atoms with Crippen molar-refractivity contribution in [3.63, 3.8) is 0 Å². The fraction of sp³-hybridized carbons (Fsp3) is 0.462. The van der Waals surface area contributed by atoms with Crippen molar-refractivity contribution in [3.8, 4) is 0 Å². The minimum atomic E-state index is -0.0196. The molecular formula is C13H16BrNO3. The summed E-state index contributed by atoms with van der Waals surface area (Å²) in [4.78, 5) is 13.5. The first-order valence-electron chi connectivity index (χ1n) is 5.89. The Morgan fingerprint density at radius 1 is 1.61 bits per heavy atom. The second-order valence-corrected chi connectivity index (χ2v) is 5.18. The molecule has 0 amide bonds. The molecule has 18 heavy (non-hydrogen) atoms. The summed E-state index contributed by atoms with van der Waals surface area (Å²) < 4.78 is 6.14. The molecule has 1 N–H and O–H groups in total. The second-order valence-electron chi connectivity index (χ2n) is 4.33. The molecule has 0 saturated carbocycles. The van der Waals surface area contributed by atoms with Gasteiger partial charge in [0.2, 0.25) is 0 Å². The number of carbonyl (C=O) groups excluding carboxylic acids is 1. The molecule has 0 radical (unpaired) electrons. The molecule has 5 heteroatoms. The highest BCUT2D eigenvalue weighted by atomic mass is 79.9. The molecule has 1 unspecified atom stereocenters. The number of ketones is 1. The number of Topliss-reactive ketones (excluding diaryl/α,β-unsaturated/α-hetero) is 1. The monoisotopic (exact) mass is 313 g/mol. The lowest BCUT2D eigenvalue weighted by Gasteiger charge is -2.36. The predicted octanol–water partition coefficient (Wildman–Crippen LogP) is 1.85. The van der Waals surface area contributed by atoms with E-state index in [1.807, 2.05) is 18.2 Å². The number of anilines is 1. The first-order chi connectivity index (χ1) is 8.63. The van der Waals surface area contributed by atoms with Gasteiger partial charge < -0.3 is 14.7 Å². The number of morpholine rings is 1. The fourth-order valence-corrected chi connectivity index (χ4v) is 2.76. The maximum absolute atomic E-state index is 11.4. The van der Waals surface area contributed by atoms with Gasteiger partial charge in [-0.25, -0.2) is 0 Å². The third-order valence-electron chi connectivity index (χ3n) is 3.10. The van der Waals surface area contributed by atoms with E-state index < -0.39 is 0 Å². The van der Waals surface area contributed by atoms with Gasteiger partial charge in [-0.3, -0.25) is 4.79 Å². The summed E-state index contributed by atoms with van der Waals surface area (Å²) in [5.41, 5.74) is 1.67. The van der Waals surface area contributed by atoms with Crippen LogP contribution in [0.1, 0.15) is 17.3 Å². The average molecular weight is 314 g/mol. The normalized spacial score (nSPS) is 19.9. The number of hydrogen-bond donors (Lipinski definition) is 1. The van der Waals surface area contributed by atoms with E-state index in [1.165, 1.54) is 0 Å². The van der Waals surface area contributed by atoms with Crippen LogP contribution in [0.25, 0.3) is 0 Å². The van der Waals surface area contributed by atoms with Crippen molar-refractivity contribution in [1.82, 2.24) is 0 Å². The summed E-state index contributed by atoms with van der Waals surface area (Å²) >= 11 is 3.41. The summed E-state index contributed by atoms with van der Waals surface area (Å²) in [7, 11) is 0. The Labute approximate surface area is 115 Å². The van der Waals surface area contributed by atoms with E-state index in [0.29, 0.717) is 18.8 Å². The van der Waals surface area contributed by atoms with Crippen LogP contribution in [0, 0.1) is 0 Å². The van der Waals surface area contributed by atoms with E-state index in [-0.39, 0.29) is 18.4 Å². The van der Waals surface area contributed by atoms with Gasteiger partial charge in [0, 0.05) is 22.3 Å². The Morgan fingerprint density at radius 2 is 2.39 bits per heavy atom. The van der Waals surface area contributed by atoms with Crippen molar-refractivity contribution in [1.29, 1.82) is 0 Å². The molecule has 1 aromatic rings. The highest BCUT2D eigenvalue weighted by molar-refractivity contribution is 9.10. The Bertz CT molecular complexity index is 450. The Hall–Kier alpha value is -0.910. The number of rotatable bonds is 3. The molecule has 98 valence electrons. The molecule has 1 heterocycles. The van der Waals surface area contributed by atoms with Crippen molar-refractivity contribution < 1.29 is 14.6 Å². The molecule has 0 spiro atoms. The molecule has 0 aromatic heterocycles. The maximum atomic E-state index is 11.4. The van der Waals surface area contributed by atoms with Crippen molar-refractivity contribution in [2.24, 2.45) is 0 Å². The summed E-state index contributed by atoms with van der Waals surface area (Å²) in [6, 6.07) is 5.63. The summed E-state index contributed by atoms with van der Waals surface area (Å²) in [5, 5.41) is 9.35. The number of ether oxygens (including phenoxy) is 1. The SMILES string of the molecule is CC(=O)c1ccc(N2CCOCC2CO)cc1Br. The number of hydrogen-bond acceptors (Lipinski definition) is 4. The number of nitrogens with zero attached hydrogens (tertiary/aromatic N) is 1. The lowest BCUT2D eigenvalue weighted by Crippen LogP contribution is -2.47. The van der Waals surface area contributed by atoms with Gasteiger partial charge in [-0.1, -0.05) is 0 Å². The zero-order valence-corrected chi connectivity index (χ0v) is 11.8. The molecule has 1 aromatic carbocycles. The topological polar surface area (TPSA) is 49.8 Å². The molecule has 4 nitrogen and oxygen atoms in total. The number of carbonyl (C=O) groups is 1. The molecule has 1 aliphatic rings. The first-order valence-corrected chi connectivity index (χ1v) is 6.68. The minimum Gasteiger partial charge on any atom is -0.394 e. The van der Waals surface area contributed by atoms with E-state index in [4.69, 9.17) is 4.74 Å². The van der Waals surface area contributed by atoms with E-state index in [0.717, 1.165) is 16.7 Å². The van der Waals surface area contributed by atoms with Crippen LogP contribution in [0.4, 0.5) is 5.69 Å². The third-order valence-corrected chi connectivity index (χ3v) is 3.76. The largest absolute Gasteiger partial charge is 0.394 e. The van der Waals surface area contributed by atoms with Crippen molar-refractivity contribution in [2.45, 2.75) is 13.0 Å². The van der Waals surface area contributed by atoms with Crippen LogP contribution in [0.3, 0.4) is 0 Å². The molecule has 0 bridgehead atoms. The standard InChI is InChI=1S/C13H16BrNO3/c1-9(17)12-3-2-10(6-13(12)14)15-4-5-18-8-11(15)7-16/h2-3,6,11,16H,4-5,7-8H2,1H3. The zero-order chi connectivity index (χ0) is 13.1. The van der Waals surface area contributed by atoms with E-state index in [1.54, 1.807) is 6.92 Å². The molecule has 0 aliphatic carbocycles. The molecular weight excluding hydrogens is 298 g/mol. The Balaban J connectivity index is 2.27. The van der Waals surface area contributed by atoms with Crippen LogP contribution in [0.2, 0.25) is 0 Å². The van der Waals surface area contributed by atoms with Crippen LogP contribution < -0.4 is 4.90 Å². The van der Waals surface area contributed by atoms with Crippen LogP contribution in [0.5, 0.6) is 0 Å². The minimum absolute atomic E-state index is 0.0196. The van der Waals surface area contributed by atoms with Gasteiger partial charge in [0.1, 0.15) is 0 Å². The summed E-state index contributed by atoms with van der Waals surface area (Å²) in [6.45, 7) is 3.54. The van der Waals surface area contributed by atoms with Gasteiger partial charge in [-0.15, -0.1) is 0 Å². The second kappa shape index (κ2) is 5.82. The predicted molar refractivity (Wildman–Crippen MR) is 73.2 cm³/mol. The van der Waals surface area contributed by atoms with E-state index in [2.05, 4.69) is 20.8 Å². The van der Waals surface area contributed by atoms with Gasteiger partial charge in [0.25, 0.3) is 0 Å². The lowest BCUT2D eigenvalue weighted by molar-refractivity contribution is 0.0727. The van der Waals surface area contributed by atoms with Crippen LogP contribution in [-0.4, -0.2) is 43.3 Å². The first kappa shape index (κ1) is 13.5. The number of aliphatic hydroxyl groups is 1. The fourth-order valence-electron chi connectivity index (χ4n) is 2.11. The summed E-state index contributed by atoms with van der Waals surface area (Å²) in [6.07, 6.45) is 0. The molecule has 2 rings (SSSR count). The summed E-state index contributed by atoms with van der Waals surface area (Å²) in [5.74, 6) is 0.0362. The van der Waals surface area contributed by atoms with Crippen LogP contribution in [0.15, 0.2) is 22.7 Å². The molecule has 1 fully saturated rings. The lowest BCUT2D eigenvalue weighted by atomic mass is 10.1. The average Bonchev–Trinajstić information content (AvgIpc) is 2.38. The Kier molecular flexibility index (Phi) is 4.37. The van der Waals surface area contributed by atoms with Gasteiger partial charge in [0.05, 0.1) is 25.9 Å². The number of halogens is 1. The van der Waals surface area contributed by atoms with E-state index >= 15 is 0 Å². The Morgan fingerprint density at radius 3 is 3.00 bits per heavy atom. The van der Waals surface area contributed by atoms with Crippen LogP contribution in [-0.2, 0) is 4.74 Å². The van der Waals surface area contributed by atoms with Crippen molar-refractivity contribution in [2.75, 3.05) is 31.3 Å². The van der Waals surface area contributed by atoms with Gasteiger partial charge >= 0.3 is 0 Å². The van der Waals surface area contributed by atoms with Gasteiger partial charge in [-0.2, -0.15) is 0 Å². The van der Waals surface area contributed by atoms with Crippen molar-refractivity contribution >= 4 is 27.4 Å². The number of benzene rings is 1. The quantitative estimate of drug-likeness (QED) is 0.865. The molecule has 1 saturated heterocycles. The van der Waals surface area contributed by atoms with Crippen LogP contribution >= 0.6 is 15.9 Å². The highest BCUT2D eigenvalue weighted by Crippen LogP contribution is 2.26. The van der Waals surface area contributed by atoms with Gasteiger partial charge in [-0.05, 0) is 41.1 Å². The zero-order valence-electron chi connectivity index (χ0n) is 10.2. The highest BCUT2D eigenvalue weighted by Gasteiger charge is 2.23. The molecule has 1 aliphatic heterocycles. The van der Waals surface area contributed by atoms with Crippen molar-refractivity contribution in [3.05, 3.63) is 28.2 Å². The third kappa shape index (κ3) is 2.74. The van der Waals surface area contributed by atoms with Gasteiger partial charge in [0.15, 0.2) is 5.78 Å². The maximum Gasteiger partial charge on any atom is 0.160 e. The van der Waals surface area contributed by atoms with E-state index in [9.17, 15) is 9.90 Å².